The van der Waals surface area contributed by atoms with Gasteiger partial charge in [-0.15, -0.1) is 0 Å². The molecule has 0 saturated carbocycles. The van der Waals surface area contributed by atoms with Crippen molar-refractivity contribution in [3.05, 3.63) is 35.4 Å². The molecule has 1 aliphatic heterocycles. The Morgan fingerprint density at radius 2 is 1.77 bits per heavy atom. The highest BCUT2D eigenvalue weighted by molar-refractivity contribution is 5.94. The lowest BCUT2D eigenvalue weighted by Crippen LogP contribution is -2.49. The zero-order valence-corrected chi connectivity index (χ0v) is 17.4. The standard InChI is InChI=1S/C21H30N4O5/c1-3-15(12-18(26)24-30)20(28)22-13-19(27)25-10-8-17(9-11-25)23-21(29)16-6-4-14(2)5-7-16/h4-7,15,17,30H,3,8-13H2,1-2H3,(H,22,28)(H,23,29)(H,24,26). The number of rotatable bonds is 8. The Kier molecular flexibility index (Phi) is 8.79. The van der Waals surface area contributed by atoms with Crippen LogP contribution in [-0.4, -0.2) is 59.4 Å². The van der Waals surface area contributed by atoms with Gasteiger partial charge >= 0.3 is 0 Å². The minimum absolute atomic E-state index is 0.00101. The van der Waals surface area contributed by atoms with Gasteiger partial charge in [-0.3, -0.25) is 24.4 Å². The molecule has 1 unspecified atom stereocenters. The molecule has 1 atom stereocenters. The van der Waals surface area contributed by atoms with E-state index in [1.807, 2.05) is 19.1 Å². The smallest absolute Gasteiger partial charge is 0.251 e. The van der Waals surface area contributed by atoms with E-state index in [0.29, 0.717) is 37.9 Å². The van der Waals surface area contributed by atoms with Gasteiger partial charge in [0.2, 0.25) is 17.7 Å². The molecule has 0 aromatic heterocycles. The van der Waals surface area contributed by atoms with Crippen molar-refractivity contribution in [2.24, 2.45) is 5.92 Å². The first-order valence-corrected chi connectivity index (χ1v) is 10.2. The van der Waals surface area contributed by atoms with Crippen LogP contribution in [0.15, 0.2) is 24.3 Å². The summed E-state index contributed by atoms with van der Waals surface area (Å²) in [7, 11) is 0. The van der Waals surface area contributed by atoms with Crippen molar-refractivity contribution in [3.63, 3.8) is 0 Å². The van der Waals surface area contributed by atoms with Gasteiger partial charge in [0, 0.05) is 37.0 Å². The lowest BCUT2D eigenvalue weighted by molar-refractivity contribution is -0.137. The highest BCUT2D eigenvalue weighted by Crippen LogP contribution is 2.13. The number of carbonyl (C=O) groups excluding carboxylic acids is 4. The quantitative estimate of drug-likeness (QED) is 0.366. The Balaban J connectivity index is 1.74. The number of piperidine rings is 1. The second kappa shape index (κ2) is 11.3. The molecule has 2 rings (SSSR count). The minimum atomic E-state index is -0.641. The zero-order chi connectivity index (χ0) is 22.1. The summed E-state index contributed by atoms with van der Waals surface area (Å²) in [5, 5.41) is 14.2. The molecule has 4 amide bonds. The summed E-state index contributed by atoms with van der Waals surface area (Å²) < 4.78 is 0. The molecular weight excluding hydrogens is 388 g/mol. The molecule has 0 bridgehead atoms. The number of hydroxylamine groups is 1. The summed E-state index contributed by atoms with van der Waals surface area (Å²) in [4.78, 5) is 49.8. The number of benzene rings is 1. The van der Waals surface area contributed by atoms with Gasteiger partial charge in [-0.1, -0.05) is 24.6 Å². The topological polar surface area (TPSA) is 128 Å². The highest BCUT2D eigenvalue weighted by Gasteiger charge is 2.25. The summed E-state index contributed by atoms with van der Waals surface area (Å²) in [6.07, 6.45) is 1.57. The molecule has 1 aliphatic rings. The number of nitrogens with zero attached hydrogens (tertiary/aromatic N) is 1. The van der Waals surface area contributed by atoms with Crippen molar-refractivity contribution in [1.29, 1.82) is 0 Å². The van der Waals surface area contributed by atoms with Crippen LogP contribution in [0.5, 0.6) is 0 Å². The van der Waals surface area contributed by atoms with E-state index in [1.54, 1.807) is 24.0 Å². The fourth-order valence-corrected chi connectivity index (χ4v) is 3.36. The van der Waals surface area contributed by atoms with Crippen molar-refractivity contribution in [2.75, 3.05) is 19.6 Å². The number of hydrogen-bond donors (Lipinski definition) is 4. The molecule has 30 heavy (non-hydrogen) atoms. The molecule has 1 aromatic rings. The van der Waals surface area contributed by atoms with Gasteiger partial charge in [0.25, 0.3) is 5.91 Å². The average Bonchev–Trinajstić information content (AvgIpc) is 2.76. The van der Waals surface area contributed by atoms with E-state index in [0.717, 1.165) is 5.56 Å². The van der Waals surface area contributed by atoms with E-state index in [4.69, 9.17) is 5.21 Å². The van der Waals surface area contributed by atoms with Gasteiger partial charge in [0.05, 0.1) is 6.54 Å². The third-order valence-corrected chi connectivity index (χ3v) is 5.33. The first kappa shape index (κ1) is 23.3. The second-order valence-electron chi connectivity index (χ2n) is 7.56. The summed E-state index contributed by atoms with van der Waals surface area (Å²) >= 11 is 0. The monoisotopic (exact) mass is 418 g/mol. The van der Waals surface area contributed by atoms with Gasteiger partial charge in [-0.05, 0) is 38.3 Å². The van der Waals surface area contributed by atoms with Crippen molar-refractivity contribution < 1.29 is 24.4 Å². The molecule has 1 fully saturated rings. The summed E-state index contributed by atoms with van der Waals surface area (Å²) in [5.41, 5.74) is 3.21. The first-order valence-electron chi connectivity index (χ1n) is 10.2. The molecule has 164 valence electrons. The summed E-state index contributed by atoms with van der Waals surface area (Å²) in [5.74, 6) is -1.96. The maximum atomic E-state index is 12.4. The van der Waals surface area contributed by atoms with Crippen LogP contribution in [0, 0.1) is 12.8 Å². The van der Waals surface area contributed by atoms with Crippen molar-refractivity contribution in [1.82, 2.24) is 21.0 Å². The summed E-state index contributed by atoms with van der Waals surface area (Å²) in [6.45, 7) is 4.57. The number of carbonyl (C=O) groups is 4. The molecule has 1 aromatic carbocycles. The van der Waals surface area contributed by atoms with Crippen LogP contribution >= 0.6 is 0 Å². The van der Waals surface area contributed by atoms with E-state index in [-0.39, 0.29) is 30.8 Å². The molecule has 0 spiro atoms. The largest absolute Gasteiger partial charge is 0.349 e. The molecule has 1 heterocycles. The van der Waals surface area contributed by atoms with Crippen LogP contribution < -0.4 is 16.1 Å². The maximum absolute atomic E-state index is 12.4. The molecule has 4 N–H and O–H groups in total. The lowest BCUT2D eigenvalue weighted by Gasteiger charge is -2.32. The predicted octanol–water partition coefficient (Wildman–Crippen LogP) is 0.754. The zero-order valence-electron chi connectivity index (χ0n) is 17.4. The van der Waals surface area contributed by atoms with E-state index in [2.05, 4.69) is 10.6 Å². The lowest BCUT2D eigenvalue weighted by atomic mass is 10.0. The van der Waals surface area contributed by atoms with Crippen molar-refractivity contribution >= 4 is 23.6 Å². The van der Waals surface area contributed by atoms with Crippen molar-refractivity contribution in [3.8, 4) is 0 Å². The fourth-order valence-electron chi connectivity index (χ4n) is 3.36. The van der Waals surface area contributed by atoms with Gasteiger partial charge in [0.15, 0.2) is 0 Å². The van der Waals surface area contributed by atoms with Gasteiger partial charge in [-0.25, -0.2) is 5.48 Å². The number of aryl methyl sites for hydroxylation is 1. The normalized spacial score (nSPS) is 15.2. The molecule has 0 aliphatic carbocycles. The molecule has 1 saturated heterocycles. The summed E-state index contributed by atoms with van der Waals surface area (Å²) in [6, 6.07) is 7.37. The predicted molar refractivity (Wildman–Crippen MR) is 110 cm³/mol. The Morgan fingerprint density at radius 3 is 2.33 bits per heavy atom. The minimum Gasteiger partial charge on any atom is -0.349 e. The van der Waals surface area contributed by atoms with E-state index < -0.39 is 17.7 Å². The number of likely N-dealkylation sites (tertiary alicyclic amines) is 1. The van der Waals surface area contributed by atoms with Crippen LogP contribution in [0.2, 0.25) is 0 Å². The number of amides is 4. The SMILES string of the molecule is CCC(CC(=O)NO)C(=O)NCC(=O)N1CCC(NC(=O)c2ccc(C)cc2)CC1. The maximum Gasteiger partial charge on any atom is 0.251 e. The highest BCUT2D eigenvalue weighted by atomic mass is 16.5. The van der Waals surface area contributed by atoms with E-state index in [9.17, 15) is 19.2 Å². The van der Waals surface area contributed by atoms with Crippen LogP contribution in [-0.2, 0) is 14.4 Å². The molecular formula is C21H30N4O5. The number of hydrogen-bond acceptors (Lipinski definition) is 5. The Morgan fingerprint density at radius 1 is 1.13 bits per heavy atom. The van der Waals surface area contributed by atoms with E-state index in [1.165, 1.54) is 5.48 Å². The molecule has 0 radical (unpaired) electrons. The molecule has 9 heteroatoms. The fraction of sp³-hybridized carbons (Fsp3) is 0.524. The van der Waals surface area contributed by atoms with Crippen molar-refractivity contribution in [2.45, 2.75) is 45.6 Å². The third-order valence-electron chi connectivity index (χ3n) is 5.33. The third kappa shape index (κ3) is 6.84. The number of nitrogens with one attached hydrogen (secondary N) is 3. The van der Waals surface area contributed by atoms with Crippen LogP contribution in [0.4, 0.5) is 0 Å². The van der Waals surface area contributed by atoms with Crippen LogP contribution in [0.3, 0.4) is 0 Å². The first-order chi connectivity index (χ1) is 14.3. The Hall–Kier alpha value is -2.94. The van der Waals surface area contributed by atoms with Gasteiger partial charge < -0.3 is 15.5 Å². The molecule has 9 nitrogen and oxygen atoms in total. The Labute approximate surface area is 176 Å². The van der Waals surface area contributed by atoms with Gasteiger partial charge in [-0.2, -0.15) is 0 Å². The second-order valence-corrected chi connectivity index (χ2v) is 7.56. The van der Waals surface area contributed by atoms with Crippen LogP contribution in [0.25, 0.3) is 0 Å². The average molecular weight is 418 g/mol. The van der Waals surface area contributed by atoms with Gasteiger partial charge in [0.1, 0.15) is 0 Å². The Bertz CT molecular complexity index is 757. The van der Waals surface area contributed by atoms with E-state index >= 15 is 0 Å². The van der Waals surface area contributed by atoms with Crippen LogP contribution in [0.1, 0.15) is 48.5 Å².